The first-order valence-electron chi connectivity index (χ1n) is 7.96. The number of nitriles is 1. The summed E-state index contributed by atoms with van der Waals surface area (Å²) in [5.41, 5.74) is 1.98. The largest absolute Gasteiger partial charge is 0.491 e. The van der Waals surface area contributed by atoms with Crippen LogP contribution in [0.15, 0.2) is 24.5 Å². The van der Waals surface area contributed by atoms with Crippen LogP contribution in [0, 0.1) is 11.3 Å². The molecule has 3 aromatic heterocycles. The fraction of sp³-hybridized carbons (Fsp3) is 0.353. The summed E-state index contributed by atoms with van der Waals surface area (Å²) >= 11 is 0. The van der Waals surface area contributed by atoms with Gasteiger partial charge in [-0.2, -0.15) is 5.26 Å². The number of hydrogen-bond acceptors (Lipinski definition) is 6. The lowest BCUT2D eigenvalue weighted by Gasteiger charge is -2.32. The van der Waals surface area contributed by atoms with E-state index in [1.54, 1.807) is 18.5 Å². The number of nitrogens with zero attached hydrogens (tertiary/aromatic N) is 4. The van der Waals surface area contributed by atoms with Crippen molar-refractivity contribution in [2.24, 2.45) is 0 Å². The first-order chi connectivity index (χ1) is 11.8. The minimum atomic E-state index is 0.337. The topological polar surface area (TPSA) is 89.9 Å². The Morgan fingerprint density at radius 1 is 1.46 bits per heavy atom. The molecule has 1 atom stereocenters. The van der Waals surface area contributed by atoms with Crippen LogP contribution in [0.4, 0.5) is 0 Å². The van der Waals surface area contributed by atoms with Crippen molar-refractivity contribution in [3.63, 3.8) is 0 Å². The summed E-state index contributed by atoms with van der Waals surface area (Å²) in [5, 5.41) is 14.3. The quantitative estimate of drug-likeness (QED) is 0.755. The Kier molecular flexibility index (Phi) is 3.76. The van der Waals surface area contributed by atoms with E-state index in [2.05, 4.69) is 38.3 Å². The standard InChI is InChI=1S/C17H18N6O/c1-23-5-4-19-8-12(23)10-24-15-2-3-20-17-16(15)13-6-11(7-18)21-9-14(13)22-17/h2-3,6,9,12,19H,4-5,8,10H2,1H3,(H,20,22)/t12-/m1/s1. The van der Waals surface area contributed by atoms with Crippen LogP contribution in [0.2, 0.25) is 0 Å². The van der Waals surface area contributed by atoms with Crippen LogP contribution in [-0.2, 0) is 0 Å². The van der Waals surface area contributed by atoms with Crippen LogP contribution in [0.5, 0.6) is 5.75 Å². The number of H-pyrrole nitrogens is 1. The lowest BCUT2D eigenvalue weighted by atomic mass is 10.2. The molecule has 1 aliphatic heterocycles. The van der Waals surface area contributed by atoms with Crippen molar-refractivity contribution < 1.29 is 4.74 Å². The first-order valence-corrected chi connectivity index (χ1v) is 7.96. The average molecular weight is 322 g/mol. The molecule has 0 aliphatic carbocycles. The normalized spacial score (nSPS) is 18.8. The van der Waals surface area contributed by atoms with Crippen molar-refractivity contribution >= 4 is 21.9 Å². The zero-order valence-electron chi connectivity index (χ0n) is 13.4. The molecule has 0 radical (unpaired) electrons. The van der Waals surface area contributed by atoms with Crippen molar-refractivity contribution in [2.75, 3.05) is 33.3 Å². The molecule has 0 bridgehead atoms. The summed E-state index contributed by atoms with van der Waals surface area (Å²) in [5.74, 6) is 0.778. The highest BCUT2D eigenvalue weighted by atomic mass is 16.5. The summed E-state index contributed by atoms with van der Waals surface area (Å²) < 4.78 is 6.12. The van der Waals surface area contributed by atoms with Gasteiger partial charge in [0.2, 0.25) is 0 Å². The van der Waals surface area contributed by atoms with E-state index < -0.39 is 0 Å². The molecule has 0 spiro atoms. The monoisotopic (exact) mass is 322 g/mol. The minimum Gasteiger partial charge on any atom is -0.491 e. The fourth-order valence-corrected chi connectivity index (χ4v) is 3.10. The Hall–Kier alpha value is -2.69. The Morgan fingerprint density at radius 3 is 3.21 bits per heavy atom. The summed E-state index contributed by atoms with van der Waals surface area (Å²) in [6.45, 7) is 3.55. The molecule has 0 saturated carbocycles. The third-order valence-corrected chi connectivity index (χ3v) is 4.53. The van der Waals surface area contributed by atoms with Gasteiger partial charge in [-0.15, -0.1) is 0 Å². The summed E-state index contributed by atoms with van der Waals surface area (Å²) in [4.78, 5) is 14.0. The molecule has 7 nitrogen and oxygen atoms in total. The Labute approximate surface area is 139 Å². The minimum absolute atomic E-state index is 0.337. The maximum Gasteiger partial charge on any atom is 0.142 e. The van der Waals surface area contributed by atoms with Crippen molar-refractivity contribution in [2.45, 2.75) is 6.04 Å². The maximum absolute atomic E-state index is 9.10. The molecule has 3 aromatic rings. The molecular formula is C17H18N6O. The second-order valence-corrected chi connectivity index (χ2v) is 6.03. The number of fused-ring (bicyclic) bond motifs is 3. The van der Waals surface area contributed by atoms with Gasteiger partial charge in [0.05, 0.1) is 23.1 Å². The second kappa shape index (κ2) is 6.07. The number of aromatic amines is 1. The highest BCUT2D eigenvalue weighted by molar-refractivity contribution is 6.09. The lowest BCUT2D eigenvalue weighted by molar-refractivity contribution is 0.137. The van der Waals surface area contributed by atoms with Crippen LogP contribution >= 0.6 is 0 Å². The molecule has 1 aliphatic rings. The van der Waals surface area contributed by atoms with Gasteiger partial charge in [-0.05, 0) is 19.2 Å². The van der Waals surface area contributed by atoms with E-state index in [9.17, 15) is 0 Å². The number of nitrogens with one attached hydrogen (secondary N) is 2. The summed E-state index contributed by atoms with van der Waals surface area (Å²) in [7, 11) is 2.12. The zero-order valence-corrected chi connectivity index (χ0v) is 13.4. The SMILES string of the molecule is CN1CCNC[C@@H]1COc1ccnc2[nH]c3cnc(C#N)cc3c12. The smallest absolute Gasteiger partial charge is 0.142 e. The predicted molar refractivity (Wildman–Crippen MR) is 90.9 cm³/mol. The Balaban J connectivity index is 1.71. The van der Waals surface area contributed by atoms with Crippen molar-refractivity contribution in [3.05, 3.63) is 30.2 Å². The fourth-order valence-electron chi connectivity index (χ4n) is 3.10. The van der Waals surface area contributed by atoms with Crippen molar-refractivity contribution in [3.8, 4) is 11.8 Å². The van der Waals surface area contributed by atoms with Crippen molar-refractivity contribution in [1.29, 1.82) is 5.26 Å². The zero-order chi connectivity index (χ0) is 16.5. The molecule has 24 heavy (non-hydrogen) atoms. The van der Waals surface area contributed by atoms with E-state index >= 15 is 0 Å². The average Bonchev–Trinajstić information content (AvgIpc) is 2.99. The van der Waals surface area contributed by atoms with Gasteiger partial charge < -0.3 is 15.0 Å². The molecule has 7 heteroatoms. The van der Waals surface area contributed by atoms with E-state index in [1.807, 2.05) is 6.07 Å². The number of ether oxygens (including phenoxy) is 1. The molecule has 0 unspecified atom stereocenters. The molecule has 0 aromatic carbocycles. The number of hydrogen-bond donors (Lipinski definition) is 2. The molecule has 0 amide bonds. The maximum atomic E-state index is 9.10. The number of likely N-dealkylation sites (N-methyl/N-ethyl adjacent to an activating group) is 1. The van der Waals surface area contributed by atoms with Gasteiger partial charge in [0.15, 0.2) is 0 Å². The lowest BCUT2D eigenvalue weighted by Crippen LogP contribution is -2.51. The van der Waals surface area contributed by atoms with E-state index in [0.717, 1.165) is 47.3 Å². The second-order valence-electron chi connectivity index (χ2n) is 6.03. The van der Waals surface area contributed by atoms with Crippen LogP contribution in [0.3, 0.4) is 0 Å². The van der Waals surface area contributed by atoms with Gasteiger partial charge >= 0.3 is 0 Å². The van der Waals surface area contributed by atoms with Crippen LogP contribution in [-0.4, -0.2) is 59.2 Å². The van der Waals surface area contributed by atoms with Gasteiger partial charge in [-0.25, -0.2) is 9.97 Å². The number of rotatable bonds is 3. The van der Waals surface area contributed by atoms with Gasteiger partial charge in [0.1, 0.15) is 29.8 Å². The molecule has 4 rings (SSSR count). The summed E-state index contributed by atoms with van der Waals surface area (Å²) in [6, 6.07) is 6.07. The van der Waals surface area contributed by atoms with Gasteiger partial charge in [0.25, 0.3) is 0 Å². The third-order valence-electron chi connectivity index (χ3n) is 4.53. The molecule has 1 fully saturated rings. The number of piperazine rings is 1. The van der Waals surface area contributed by atoms with E-state index in [0.29, 0.717) is 18.3 Å². The first kappa shape index (κ1) is 14.9. The predicted octanol–water partition coefficient (Wildman–Crippen LogP) is 1.27. The summed E-state index contributed by atoms with van der Waals surface area (Å²) in [6.07, 6.45) is 3.40. The van der Waals surface area contributed by atoms with Crippen LogP contribution in [0.25, 0.3) is 21.9 Å². The van der Waals surface area contributed by atoms with Crippen LogP contribution in [0.1, 0.15) is 5.69 Å². The molecule has 4 heterocycles. The number of aromatic nitrogens is 3. The highest BCUT2D eigenvalue weighted by Gasteiger charge is 2.20. The Bertz CT molecular complexity index is 928. The molecular weight excluding hydrogens is 304 g/mol. The molecule has 122 valence electrons. The van der Waals surface area contributed by atoms with Gasteiger partial charge in [-0.1, -0.05) is 0 Å². The van der Waals surface area contributed by atoms with Crippen molar-refractivity contribution in [1.82, 2.24) is 25.2 Å². The Morgan fingerprint density at radius 2 is 2.38 bits per heavy atom. The highest BCUT2D eigenvalue weighted by Crippen LogP contribution is 2.32. The van der Waals surface area contributed by atoms with E-state index in [1.165, 1.54) is 0 Å². The van der Waals surface area contributed by atoms with E-state index in [-0.39, 0.29) is 0 Å². The van der Waals surface area contributed by atoms with Gasteiger partial charge in [0, 0.05) is 31.2 Å². The van der Waals surface area contributed by atoms with Gasteiger partial charge in [-0.3, -0.25) is 4.90 Å². The molecule has 1 saturated heterocycles. The third kappa shape index (κ3) is 2.56. The molecule has 2 N–H and O–H groups in total. The van der Waals surface area contributed by atoms with Crippen LogP contribution < -0.4 is 10.1 Å². The number of pyridine rings is 2. The van der Waals surface area contributed by atoms with E-state index in [4.69, 9.17) is 10.00 Å².